The van der Waals surface area contributed by atoms with Crippen LogP contribution in [-0.4, -0.2) is 28.2 Å². The molecule has 2 aromatic carbocycles. The highest BCUT2D eigenvalue weighted by atomic mass is 35.5. The van der Waals surface area contributed by atoms with Crippen molar-refractivity contribution in [2.45, 2.75) is 0 Å². The minimum Gasteiger partial charge on any atom is -0.507 e. The molecule has 0 aliphatic heterocycles. The quantitative estimate of drug-likeness (QED) is 0.598. The molecular formula is C14H11ClO5. The molecule has 0 unspecified atom stereocenters. The summed E-state index contributed by atoms with van der Waals surface area (Å²) in [6.07, 6.45) is 0. The molecule has 0 aliphatic rings. The molecule has 5 nitrogen and oxygen atoms in total. The second-order valence-electron chi connectivity index (χ2n) is 4.03. The van der Waals surface area contributed by atoms with E-state index in [1.54, 1.807) is 0 Å². The molecule has 0 fully saturated rings. The predicted molar refractivity (Wildman–Crippen MR) is 72.9 cm³/mol. The number of aromatic hydroxyl groups is 3. The summed E-state index contributed by atoms with van der Waals surface area (Å²) in [6.45, 7) is 0. The average Bonchev–Trinajstić information content (AvgIpc) is 2.42. The molecular weight excluding hydrogens is 284 g/mol. The standard InChI is InChI=1S/C14H11ClO5/c1-20-13-6-11(17)9(5-12(13)18)14(19)8-4-7(15)2-3-10(8)16/h2-6,16-18H,1H3. The third-order valence-corrected chi connectivity index (χ3v) is 2.98. The number of carbonyl (C=O) groups is 1. The zero-order valence-corrected chi connectivity index (χ0v) is 11.2. The lowest BCUT2D eigenvalue weighted by Gasteiger charge is -2.09. The molecule has 0 saturated heterocycles. The van der Waals surface area contributed by atoms with Crippen molar-refractivity contribution in [3.63, 3.8) is 0 Å². The van der Waals surface area contributed by atoms with Crippen molar-refractivity contribution in [2.75, 3.05) is 7.11 Å². The van der Waals surface area contributed by atoms with Crippen LogP contribution >= 0.6 is 11.6 Å². The van der Waals surface area contributed by atoms with E-state index in [1.165, 1.54) is 25.3 Å². The van der Waals surface area contributed by atoms with Crippen LogP contribution in [0.4, 0.5) is 0 Å². The predicted octanol–water partition coefficient (Wildman–Crippen LogP) is 2.70. The van der Waals surface area contributed by atoms with Gasteiger partial charge in [-0.05, 0) is 24.3 Å². The van der Waals surface area contributed by atoms with E-state index in [0.29, 0.717) is 0 Å². The Morgan fingerprint density at radius 2 is 1.65 bits per heavy atom. The average molecular weight is 295 g/mol. The first-order valence-corrected chi connectivity index (χ1v) is 5.95. The number of phenols is 3. The fourth-order valence-electron chi connectivity index (χ4n) is 1.74. The third kappa shape index (κ3) is 2.48. The maximum absolute atomic E-state index is 12.3. The van der Waals surface area contributed by atoms with Crippen LogP contribution in [0.3, 0.4) is 0 Å². The highest BCUT2D eigenvalue weighted by Gasteiger charge is 2.20. The number of methoxy groups -OCH3 is 1. The molecule has 2 rings (SSSR count). The number of carbonyl (C=O) groups excluding carboxylic acids is 1. The SMILES string of the molecule is COc1cc(O)c(C(=O)c2cc(Cl)ccc2O)cc1O. The number of rotatable bonds is 3. The van der Waals surface area contributed by atoms with Crippen LogP contribution < -0.4 is 4.74 Å². The third-order valence-electron chi connectivity index (χ3n) is 2.75. The first-order valence-electron chi connectivity index (χ1n) is 5.57. The minimum atomic E-state index is -0.666. The summed E-state index contributed by atoms with van der Waals surface area (Å²) in [5, 5.41) is 29.4. The van der Waals surface area contributed by atoms with Crippen LogP contribution in [0.5, 0.6) is 23.0 Å². The summed E-state index contributed by atoms with van der Waals surface area (Å²) >= 11 is 5.77. The molecule has 20 heavy (non-hydrogen) atoms. The first-order chi connectivity index (χ1) is 9.43. The van der Waals surface area contributed by atoms with Gasteiger partial charge in [-0.1, -0.05) is 11.6 Å². The van der Waals surface area contributed by atoms with Gasteiger partial charge in [-0.3, -0.25) is 4.79 Å². The van der Waals surface area contributed by atoms with Gasteiger partial charge in [-0.15, -0.1) is 0 Å². The largest absolute Gasteiger partial charge is 0.507 e. The summed E-state index contributed by atoms with van der Waals surface area (Å²) < 4.78 is 4.82. The van der Waals surface area contributed by atoms with E-state index >= 15 is 0 Å². The number of ketones is 1. The van der Waals surface area contributed by atoms with Gasteiger partial charge in [-0.2, -0.15) is 0 Å². The molecule has 0 radical (unpaired) electrons. The van der Waals surface area contributed by atoms with E-state index in [0.717, 1.165) is 12.1 Å². The van der Waals surface area contributed by atoms with Crippen LogP contribution in [0, 0.1) is 0 Å². The highest BCUT2D eigenvalue weighted by molar-refractivity contribution is 6.31. The van der Waals surface area contributed by atoms with Gasteiger partial charge >= 0.3 is 0 Å². The van der Waals surface area contributed by atoms with Crippen molar-refractivity contribution < 1.29 is 24.9 Å². The topological polar surface area (TPSA) is 87.0 Å². The lowest BCUT2D eigenvalue weighted by atomic mass is 10.0. The zero-order valence-electron chi connectivity index (χ0n) is 10.4. The van der Waals surface area contributed by atoms with Gasteiger partial charge in [0.15, 0.2) is 11.5 Å². The Morgan fingerprint density at radius 3 is 2.30 bits per heavy atom. The van der Waals surface area contributed by atoms with Crippen molar-refractivity contribution in [1.82, 2.24) is 0 Å². The molecule has 0 spiro atoms. The van der Waals surface area contributed by atoms with Gasteiger partial charge in [-0.25, -0.2) is 0 Å². The van der Waals surface area contributed by atoms with Crippen LogP contribution in [0.25, 0.3) is 0 Å². The molecule has 0 amide bonds. The Bertz CT molecular complexity index is 682. The maximum atomic E-state index is 12.3. The number of hydrogen-bond acceptors (Lipinski definition) is 5. The van der Waals surface area contributed by atoms with Gasteiger partial charge in [0.25, 0.3) is 0 Å². The summed E-state index contributed by atoms with van der Waals surface area (Å²) in [6, 6.07) is 6.16. The number of benzene rings is 2. The van der Waals surface area contributed by atoms with E-state index in [9.17, 15) is 20.1 Å². The van der Waals surface area contributed by atoms with Gasteiger partial charge in [0, 0.05) is 11.1 Å². The number of halogens is 1. The number of hydrogen-bond donors (Lipinski definition) is 3. The maximum Gasteiger partial charge on any atom is 0.200 e. The monoisotopic (exact) mass is 294 g/mol. The van der Waals surface area contributed by atoms with E-state index in [2.05, 4.69) is 0 Å². The van der Waals surface area contributed by atoms with E-state index in [4.69, 9.17) is 16.3 Å². The minimum absolute atomic E-state index is 0.0365. The normalized spacial score (nSPS) is 10.3. The van der Waals surface area contributed by atoms with Crippen molar-refractivity contribution in [1.29, 1.82) is 0 Å². The Morgan fingerprint density at radius 1 is 1.00 bits per heavy atom. The van der Waals surface area contributed by atoms with Crippen LogP contribution in [0.2, 0.25) is 5.02 Å². The number of phenolic OH excluding ortho intramolecular Hbond substituents is 3. The Kier molecular flexibility index (Phi) is 3.72. The van der Waals surface area contributed by atoms with E-state index in [-0.39, 0.29) is 39.1 Å². The second-order valence-corrected chi connectivity index (χ2v) is 4.47. The first kappa shape index (κ1) is 14.0. The molecule has 104 valence electrons. The lowest BCUT2D eigenvalue weighted by Crippen LogP contribution is -2.02. The van der Waals surface area contributed by atoms with Crippen LogP contribution in [0.15, 0.2) is 30.3 Å². The molecule has 0 aliphatic carbocycles. The molecule has 2 aromatic rings. The number of ether oxygens (including phenoxy) is 1. The fraction of sp³-hybridized carbons (Fsp3) is 0.0714. The molecule has 0 atom stereocenters. The van der Waals surface area contributed by atoms with E-state index < -0.39 is 5.78 Å². The van der Waals surface area contributed by atoms with E-state index in [1.807, 2.05) is 0 Å². The molecule has 6 heteroatoms. The van der Waals surface area contributed by atoms with Gasteiger partial charge in [0.2, 0.25) is 5.78 Å². The van der Waals surface area contributed by atoms with Gasteiger partial charge < -0.3 is 20.1 Å². The second kappa shape index (κ2) is 5.30. The summed E-state index contributed by atoms with van der Waals surface area (Å²) in [4.78, 5) is 12.3. The summed E-state index contributed by atoms with van der Waals surface area (Å²) in [7, 11) is 1.32. The van der Waals surface area contributed by atoms with Crippen LogP contribution in [0.1, 0.15) is 15.9 Å². The summed E-state index contributed by atoms with van der Waals surface area (Å²) in [5.74, 6) is -1.57. The van der Waals surface area contributed by atoms with Crippen LogP contribution in [-0.2, 0) is 0 Å². The van der Waals surface area contributed by atoms with Crippen molar-refractivity contribution >= 4 is 17.4 Å². The Hall–Kier alpha value is -2.40. The Balaban J connectivity index is 2.54. The molecule has 3 N–H and O–H groups in total. The Labute approximate surface area is 119 Å². The van der Waals surface area contributed by atoms with Crippen molar-refractivity contribution in [3.8, 4) is 23.0 Å². The van der Waals surface area contributed by atoms with Gasteiger partial charge in [0.05, 0.1) is 18.2 Å². The lowest BCUT2D eigenvalue weighted by molar-refractivity contribution is 0.103. The van der Waals surface area contributed by atoms with Crippen molar-refractivity contribution in [3.05, 3.63) is 46.5 Å². The molecule has 0 aromatic heterocycles. The highest BCUT2D eigenvalue weighted by Crippen LogP contribution is 2.35. The molecule has 0 heterocycles. The van der Waals surface area contributed by atoms with Crippen molar-refractivity contribution in [2.24, 2.45) is 0 Å². The zero-order chi connectivity index (χ0) is 14.9. The smallest absolute Gasteiger partial charge is 0.200 e. The summed E-state index contributed by atoms with van der Waals surface area (Å²) in [5.41, 5.74) is -0.238. The fourth-order valence-corrected chi connectivity index (χ4v) is 1.91. The molecule has 0 bridgehead atoms. The molecule has 0 saturated carbocycles. The van der Waals surface area contributed by atoms with Gasteiger partial charge in [0.1, 0.15) is 11.5 Å².